The topological polar surface area (TPSA) is 0 Å². The molecule has 0 radical (unpaired) electrons. The van der Waals surface area contributed by atoms with Crippen LogP contribution in [0.15, 0.2) is 133 Å². The maximum absolute atomic E-state index is 13.4. The van der Waals surface area contributed by atoms with Crippen LogP contribution in [0.5, 0.6) is 0 Å². The van der Waals surface area contributed by atoms with Gasteiger partial charge in [-0.3, -0.25) is 0 Å². The summed E-state index contributed by atoms with van der Waals surface area (Å²) >= 11 is 0. The van der Waals surface area contributed by atoms with Crippen molar-refractivity contribution < 1.29 is 26.3 Å². The molecule has 0 saturated carbocycles. The van der Waals surface area contributed by atoms with Gasteiger partial charge in [-0.15, -0.1) is 0 Å². The van der Waals surface area contributed by atoms with Crippen molar-refractivity contribution in [2.75, 3.05) is 12.3 Å². The molecule has 0 spiro atoms. The predicted molar refractivity (Wildman–Crippen MR) is 173 cm³/mol. The minimum absolute atomic E-state index is 0.595. The number of hydrogen-bond acceptors (Lipinski definition) is 0. The summed E-state index contributed by atoms with van der Waals surface area (Å²) in [6.45, 7) is 0. The summed E-state index contributed by atoms with van der Waals surface area (Å²) in [6, 6.07) is 39.3. The fraction of sp³-hybridized carbons (Fsp3) is 0.111. The molecule has 0 N–H and O–H groups in total. The van der Waals surface area contributed by atoms with Gasteiger partial charge in [0.15, 0.2) is 0 Å². The number of alkyl halides is 6. The van der Waals surface area contributed by atoms with Crippen LogP contribution in [0.4, 0.5) is 26.3 Å². The van der Waals surface area contributed by atoms with Gasteiger partial charge in [0.2, 0.25) is 0 Å². The Morgan fingerprint density at radius 2 is 0.682 bits per heavy atom. The van der Waals surface area contributed by atoms with Crippen molar-refractivity contribution in [3.05, 3.63) is 145 Å². The van der Waals surface area contributed by atoms with E-state index in [0.717, 1.165) is 45.8 Å². The molecule has 0 bridgehead atoms. The number of hydrogen-bond donors (Lipinski definition) is 0. The quantitative estimate of drug-likeness (QED) is 0.121. The summed E-state index contributed by atoms with van der Waals surface area (Å²) < 4.78 is 80.1. The number of fused-ring (bicyclic) bond motifs is 2. The lowest BCUT2D eigenvalue weighted by atomic mass is 10.1. The Morgan fingerprint density at radius 3 is 1.05 bits per heavy atom. The molecule has 0 amide bonds. The Bertz CT molecular complexity index is 1760. The molecule has 0 saturated heterocycles. The molecular weight excluding hydrogens is 608 g/mol. The average Bonchev–Trinajstić information content (AvgIpc) is 3.02. The molecule has 0 aliphatic carbocycles. The first-order valence-corrected chi connectivity index (χ1v) is 17.0. The van der Waals surface area contributed by atoms with E-state index in [-0.39, 0.29) is 0 Å². The first-order chi connectivity index (χ1) is 21.1. The molecule has 222 valence electrons. The molecule has 6 rings (SSSR count). The van der Waals surface area contributed by atoms with E-state index in [4.69, 9.17) is 0 Å². The van der Waals surface area contributed by atoms with Gasteiger partial charge in [-0.05, 0) is 107 Å². The Morgan fingerprint density at radius 1 is 0.364 bits per heavy atom. The lowest BCUT2D eigenvalue weighted by molar-refractivity contribution is -0.138. The van der Waals surface area contributed by atoms with Crippen molar-refractivity contribution in [2.24, 2.45) is 0 Å². The van der Waals surface area contributed by atoms with Gasteiger partial charge in [0, 0.05) is 0 Å². The maximum atomic E-state index is 13.4. The van der Waals surface area contributed by atoms with Gasteiger partial charge >= 0.3 is 12.4 Å². The second kappa shape index (κ2) is 12.3. The van der Waals surface area contributed by atoms with Crippen LogP contribution >= 0.6 is 15.8 Å². The van der Waals surface area contributed by atoms with E-state index >= 15 is 0 Å². The Labute approximate surface area is 253 Å². The largest absolute Gasteiger partial charge is 0.416 e. The van der Waals surface area contributed by atoms with E-state index in [1.54, 1.807) is 0 Å². The van der Waals surface area contributed by atoms with E-state index in [1.807, 2.05) is 24.3 Å². The lowest BCUT2D eigenvalue weighted by Crippen LogP contribution is -2.21. The van der Waals surface area contributed by atoms with Crippen LogP contribution in [-0.4, -0.2) is 12.3 Å². The smallest absolute Gasteiger partial charge is 0.166 e. The zero-order valence-electron chi connectivity index (χ0n) is 23.3. The Kier molecular flexibility index (Phi) is 8.51. The van der Waals surface area contributed by atoms with Crippen LogP contribution in [0.25, 0.3) is 21.5 Å². The Balaban J connectivity index is 1.40. The third-order valence-electron chi connectivity index (χ3n) is 7.65. The van der Waals surface area contributed by atoms with E-state index in [0.29, 0.717) is 22.9 Å². The summed E-state index contributed by atoms with van der Waals surface area (Å²) in [6.07, 6.45) is -7.65. The normalized spacial score (nSPS) is 12.5. The molecule has 0 heterocycles. The fourth-order valence-corrected chi connectivity index (χ4v) is 10.7. The summed E-state index contributed by atoms with van der Waals surface area (Å²) in [4.78, 5) is 0. The van der Waals surface area contributed by atoms with Crippen LogP contribution in [0.3, 0.4) is 0 Å². The van der Waals surface area contributed by atoms with Gasteiger partial charge in [-0.25, -0.2) is 0 Å². The molecule has 6 aromatic carbocycles. The minimum atomic E-state index is -4.48. The van der Waals surface area contributed by atoms with Crippen molar-refractivity contribution >= 4 is 58.6 Å². The standard InChI is InChI=1S/C36H26F6P2/c37-35(38,39)29-11-17-31(18-12-29)43(32-19-13-30(14-20-32)36(40,41)42)21-22-44(33-15-9-25-5-1-3-7-27(25)23-33)34-16-10-26-6-2-4-8-28(26)24-34/h1-20,23-24H,21-22H2. The molecule has 8 heteroatoms. The SMILES string of the molecule is FC(F)(F)c1ccc(P(CCP(c2ccc3ccccc3c2)c2ccc3ccccc3c2)c2ccc(C(F)(F)F)cc2)cc1. The molecule has 0 aliphatic heterocycles. The van der Waals surface area contributed by atoms with Gasteiger partial charge < -0.3 is 0 Å². The van der Waals surface area contributed by atoms with Crippen molar-refractivity contribution in [3.63, 3.8) is 0 Å². The maximum Gasteiger partial charge on any atom is 0.416 e. The van der Waals surface area contributed by atoms with Crippen LogP contribution in [0, 0.1) is 0 Å². The highest BCUT2D eigenvalue weighted by Crippen LogP contribution is 2.43. The second-order valence-corrected chi connectivity index (χ2v) is 15.1. The third-order valence-corrected chi connectivity index (χ3v) is 13.0. The van der Waals surface area contributed by atoms with Crippen LogP contribution in [0.2, 0.25) is 0 Å². The summed E-state index contributed by atoms with van der Waals surface area (Å²) in [5.74, 6) is 0. The molecule has 0 aliphatic rings. The monoisotopic (exact) mass is 634 g/mol. The van der Waals surface area contributed by atoms with Gasteiger partial charge in [0.05, 0.1) is 11.1 Å². The van der Waals surface area contributed by atoms with Crippen LogP contribution in [0.1, 0.15) is 11.1 Å². The molecule has 0 atom stereocenters. The highest BCUT2D eigenvalue weighted by molar-refractivity contribution is 7.76. The predicted octanol–water partition coefficient (Wildman–Crippen LogP) is 9.60. The van der Waals surface area contributed by atoms with Crippen LogP contribution in [-0.2, 0) is 12.4 Å². The number of benzene rings is 6. The second-order valence-electron chi connectivity index (χ2n) is 10.5. The van der Waals surface area contributed by atoms with E-state index < -0.39 is 39.3 Å². The molecule has 0 unspecified atom stereocenters. The molecule has 0 nitrogen and oxygen atoms in total. The van der Waals surface area contributed by atoms with Crippen molar-refractivity contribution in [1.29, 1.82) is 0 Å². The van der Waals surface area contributed by atoms with Gasteiger partial charge in [0.1, 0.15) is 0 Å². The zero-order valence-corrected chi connectivity index (χ0v) is 25.1. The third kappa shape index (κ3) is 6.67. The fourth-order valence-electron chi connectivity index (χ4n) is 5.36. The highest BCUT2D eigenvalue weighted by atomic mass is 31.1. The molecule has 0 fully saturated rings. The van der Waals surface area contributed by atoms with Crippen molar-refractivity contribution in [3.8, 4) is 0 Å². The average molecular weight is 635 g/mol. The Hall–Kier alpha value is -3.72. The van der Waals surface area contributed by atoms with E-state index in [1.165, 1.54) is 34.9 Å². The van der Waals surface area contributed by atoms with Crippen LogP contribution < -0.4 is 21.2 Å². The number of rotatable bonds is 7. The zero-order chi connectivity index (χ0) is 30.9. The summed E-state index contributed by atoms with van der Waals surface area (Å²) in [5, 5.41) is 8.21. The first kappa shape index (κ1) is 30.3. The van der Waals surface area contributed by atoms with Crippen molar-refractivity contribution in [1.82, 2.24) is 0 Å². The van der Waals surface area contributed by atoms with E-state index in [2.05, 4.69) is 60.7 Å². The van der Waals surface area contributed by atoms with Gasteiger partial charge in [0.25, 0.3) is 0 Å². The van der Waals surface area contributed by atoms with Crippen molar-refractivity contribution in [2.45, 2.75) is 12.4 Å². The van der Waals surface area contributed by atoms with E-state index in [9.17, 15) is 26.3 Å². The molecular formula is C36H26F6P2. The lowest BCUT2D eigenvalue weighted by Gasteiger charge is -2.25. The summed E-state index contributed by atoms with van der Waals surface area (Å²) in [7, 11) is -2.15. The highest BCUT2D eigenvalue weighted by Gasteiger charge is 2.32. The first-order valence-electron chi connectivity index (χ1n) is 13.9. The molecule has 0 aromatic heterocycles. The van der Waals surface area contributed by atoms with Gasteiger partial charge in [-0.2, -0.15) is 26.3 Å². The minimum Gasteiger partial charge on any atom is -0.166 e. The molecule has 6 aromatic rings. The molecule has 44 heavy (non-hydrogen) atoms. The summed E-state index contributed by atoms with van der Waals surface area (Å²) in [5.41, 5.74) is -1.50. The number of halogens is 6. The van der Waals surface area contributed by atoms with Gasteiger partial charge in [-0.1, -0.05) is 97.1 Å².